The molecule has 0 bridgehead atoms. The van der Waals surface area contributed by atoms with Crippen LogP contribution < -0.4 is 11.3 Å². The van der Waals surface area contributed by atoms with Crippen molar-refractivity contribution in [2.45, 2.75) is 38.6 Å². The summed E-state index contributed by atoms with van der Waals surface area (Å²) in [6.45, 7) is 6.53. The molecule has 110 valence electrons. The number of thiophene rings is 1. The average molecular weight is 439 g/mol. The number of halogens is 2. The Labute approximate surface area is 144 Å². The van der Waals surface area contributed by atoms with Crippen molar-refractivity contribution in [3.05, 3.63) is 35.3 Å². The fourth-order valence-electron chi connectivity index (χ4n) is 1.77. The van der Waals surface area contributed by atoms with Crippen LogP contribution in [0, 0.1) is 0 Å². The third kappa shape index (κ3) is 3.90. The van der Waals surface area contributed by atoms with Crippen LogP contribution in [0.15, 0.2) is 19.0 Å². The molecule has 7 heteroatoms. The molecule has 1 unspecified atom stereocenters. The van der Waals surface area contributed by atoms with Crippen molar-refractivity contribution in [3.8, 4) is 0 Å². The van der Waals surface area contributed by atoms with Gasteiger partial charge in [0.25, 0.3) is 0 Å². The van der Waals surface area contributed by atoms with Gasteiger partial charge < -0.3 is 0 Å². The first-order valence-electron chi connectivity index (χ1n) is 6.17. The molecule has 0 fully saturated rings. The maximum absolute atomic E-state index is 5.72. The van der Waals surface area contributed by atoms with Crippen molar-refractivity contribution in [2.75, 3.05) is 0 Å². The highest BCUT2D eigenvalue weighted by atomic mass is 79.9. The molecule has 0 aliphatic carbocycles. The second kappa shape index (κ2) is 6.54. The maximum atomic E-state index is 5.72. The van der Waals surface area contributed by atoms with Gasteiger partial charge in [-0.3, -0.25) is 11.3 Å². The lowest BCUT2D eigenvalue weighted by atomic mass is 9.93. The summed E-state index contributed by atoms with van der Waals surface area (Å²) < 4.78 is 2.19. The molecule has 2 rings (SSSR count). The summed E-state index contributed by atoms with van der Waals surface area (Å²) in [5.74, 6) is 5.72. The molecule has 1 atom stereocenters. The van der Waals surface area contributed by atoms with Crippen molar-refractivity contribution in [1.29, 1.82) is 0 Å². The molecular weight excluding hydrogens is 422 g/mol. The molecule has 0 amide bonds. The Bertz CT molecular complexity index is 587. The van der Waals surface area contributed by atoms with E-state index in [-0.39, 0.29) is 11.5 Å². The van der Waals surface area contributed by atoms with Gasteiger partial charge in [0.1, 0.15) is 0 Å². The van der Waals surface area contributed by atoms with Crippen LogP contribution >= 0.6 is 54.5 Å². The molecule has 0 aliphatic heterocycles. The van der Waals surface area contributed by atoms with Gasteiger partial charge in [0.2, 0.25) is 0 Å². The molecule has 0 aromatic carbocycles. The highest BCUT2D eigenvalue weighted by Gasteiger charge is 2.21. The molecule has 0 aliphatic rings. The quantitative estimate of drug-likeness (QED) is 0.533. The molecular formula is C13H17Br2N3S2. The molecule has 0 radical (unpaired) electrons. The fraction of sp³-hybridized carbons (Fsp3) is 0.462. The van der Waals surface area contributed by atoms with Crippen LogP contribution in [0.25, 0.3) is 0 Å². The van der Waals surface area contributed by atoms with Gasteiger partial charge in [0.15, 0.2) is 0 Å². The summed E-state index contributed by atoms with van der Waals surface area (Å²) in [4.78, 5) is 4.73. The normalized spacial score (nSPS) is 13.7. The van der Waals surface area contributed by atoms with E-state index in [9.17, 15) is 0 Å². The SMILES string of the molecule is CC(C)(C)c1csc(CC(NN)c2cc(Br)sc2Br)n1. The van der Waals surface area contributed by atoms with Crippen molar-refractivity contribution >= 4 is 54.5 Å². The molecule has 3 N–H and O–H groups in total. The predicted octanol–water partition coefficient (Wildman–Crippen LogP) is 4.77. The summed E-state index contributed by atoms with van der Waals surface area (Å²) in [6, 6.07) is 2.16. The van der Waals surface area contributed by atoms with Crippen LogP contribution in [0.1, 0.15) is 43.1 Å². The number of hydrazine groups is 1. The molecule has 0 saturated carbocycles. The summed E-state index contributed by atoms with van der Waals surface area (Å²) >= 11 is 10.4. The van der Waals surface area contributed by atoms with E-state index < -0.39 is 0 Å². The van der Waals surface area contributed by atoms with Gasteiger partial charge in [-0.15, -0.1) is 22.7 Å². The zero-order chi connectivity index (χ0) is 14.9. The first-order valence-corrected chi connectivity index (χ1v) is 9.45. The standard InChI is InChI=1S/C13H17Br2N3S2/c1-13(2,3)9-6-19-11(17-9)5-8(18-16)7-4-10(14)20-12(7)15/h4,6,8,18H,5,16H2,1-3H3. The minimum absolute atomic E-state index is 0.0610. The highest BCUT2D eigenvalue weighted by molar-refractivity contribution is 9.12. The second-order valence-electron chi connectivity index (χ2n) is 5.58. The number of hydrogen-bond donors (Lipinski definition) is 2. The van der Waals surface area contributed by atoms with E-state index in [2.05, 4.69) is 69.5 Å². The van der Waals surface area contributed by atoms with Crippen LogP contribution in [0.4, 0.5) is 0 Å². The van der Waals surface area contributed by atoms with Gasteiger partial charge in [0.05, 0.1) is 24.3 Å². The summed E-state index contributed by atoms with van der Waals surface area (Å²) in [7, 11) is 0. The largest absolute Gasteiger partial charge is 0.271 e. The number of nitrogens with zero attached hydrogens (tertiary/aromatic N) is 1. The summed E-state index contributed by atoms with van der Waals surface area (Å²) in [5, 5.41) is 3.24. The minimum Gasteiger partial charge on any atom is -0.271 e. The topological polar surface area (TPSA) is 50.9 Å². The molecule has 2 aromatic heterocycles. The van der Waals surface area contributed by atoms with E-state index in [0.29, 0.717) is 0 Å². The van der Waals surface area contributed by atoms with Gasteiger partial charge in [0, 0.05) is 17.2 Å². The van der Waals surface area contributed by atoms with E-state index in [1.807, 2.05) is 0 Å². The van der Waals surface area contributed by atoms with Crippen molar-refractivity contribution < 1.29 is 0 Å². The monoisotopic (exact) mass is 437 g/mol. The molecule has 20 heavy (non-hydrogen) atoms. The first kappa shape index (κ1) is 16.6. The Morgan fingerprint density at radius 3 is 2.55 bits per heavy atom. The van der Waals surface area contributed by atoms with Crippen molar-refractivity contribution in [2.24, 2.45) is 5.84 Å². The summed E-state index contributed by atoms with van der Waals surface area (Å²) in [6.07, 6.45) is 0.791. The van der Waals surface area contributed by atoms with Crippen LogP contribution in [0.3, 0.4) is 0 Å². The van der Waals surface area contributed by atoms with Crippen molar-refractivity contribution in [3.63, 3.8) is 0 Å². The number of thiazole rings is 1. The Kier molecular flexibility index (Phi) is 5.42. The number of rotatable bonds is 4. The molecule has 3 nitrogen and oxygen atoms in total. The lowest BCUT2D eigenvalue weighted by Gasteiger charge is -2.15. The number of nitrogens with one attached hydrogen (secondary N) is 1. The molecule has 2 heterocycles. The van der Waals surface area contributed by atoms with Crippen LogP contribution in [0.5, 0.6) is 0 Å². The zero-order valence-electron chi connectivity index (χ0n) is 11.5. The van der Waals surface area contributed by atoms with E-state index in [1.165, 1.54) is 0 Å². The van der Waals surface area contributed by atoms with E-state index >= 15 is 0 Å². The van der Waals surface area contributed by atoms with Crippen LogP contribution in [-0.2, 0) is 11.8 Å². The third-order valence-corrected chi connectivity index (χ3v) is 6.22. The average Bonchev–Trinajstić information content (AvgIpc) is 2.92. The smallest absolute Gasteiger partial charge is 0.0948 e. The van der Waals surface area contributed by atoms with Gasteiger partial charge in [-0.2, -0.15) is 0 Å². The van der Waals surface area contributed by atoms with E-state index in [1.54, 1.807) is 22.7 Å². The number of aromatic nitrogens is 1. The van der Waals surface area contributed by atoms with Gasteiger partial charge >= 0.3 is 0 Å². The predicted molar refractivity (Wildman–Crippen MR) is 94.3 cm³/mol. The lowest BCUT2D eigenvalue weighted by Crippen LogP contribution is -2.29. The Morgan fingerprint density at radius 2 is 2.10 bits per heavy atom. The molecule has 2 aromatic rings. The van der Waals surface area contributed by atoms with E-state index in [0.717, 1.165) is 30.3 Å². The number of hydrogen-bond acceptors (Lipinski definition) is 5. The molecule has 0 spiro atoms. The van der Waals surface area contributed by atoms with Crippen molar-refractivity contribution in [1.82, 2.24) is 10.4 Å². The summed E-state index contributed by atoms with van der Waals surface area (Å²) in [5.41, 5.74) is 5.28. The van der Waals surface area contributed by atoms with E-state index in [4.69, 9.17) is 10.8 Å². The fourth-order valence-corrected chi connectivity index (χ4v) is 5.81. The molecule has 0 saturated heterocycles. The Hall–Kier alpha value is 0.210. The maximum Gasteiger partial charge on any atom is 0.0948 e. The second-order valence-corrected chi connectivity index (χ2v) is 10.3. The van der Waals surface area contributed by atoms with Crippen LogP contribution in [-0.4, -0.2) is 4.98 Å². The van der Waals surface area contributed by atoms with Crippen LogP contribution in [0.2, 0.25) is 0 Å². The highest BCUT2D eigenvalue weighted by Crippen LogP contribution is 2.37. The lowest BCUT2D eigenvalue weighted by molar-refractivity contribution is 0.541. The first-order chi connectivity index (χ1) is 9.31. The minimum atomic E-state index is 0.0610. The van der Waals surface area contributed by atoms with Gasteiger partial charge in [-0.25, -0.2) is 4.98 Å². The third-order valence-electron chi connectivity index (χ3n) is 2.96. The zero-order valence-corrected chi connectivity index (χ0v) is 16.3. The van der Waals surface area contributed by atoms with Gasteiger partial charge in [-0.05, 0) is 43.5 Å². The Balaban J connectivity index is 2.19. The van der Waals surface area contributed by atoms with Gasteiger partial charge in [-0.1, -0.05) is 20.8 Å². The number of nitrogens with two attached hydrogens (primary N) is 1. The Morgan fingerprint density at radius 1 is 1.40 bits per heavy atom.